The number of nitro groups is 1. The average Bonchev–Trinajstić information content (AvgIpc) is 2.32. The fourth-order valence-corrected chi connectivity index (χ4v) is 2.08. The van der Waals surface area contributed by atoms with Crippen LogP contribution in [-0.2, 0) is 9.59 Å². The van der Waals surface area contributed by atoms with Crippen molar-refractivity contribution in [2.45, 2.75) is 18.9 Å². The number of nitro benzene ring substituents is 1. The van der Waals surface area contributed by atoms with E-state index in [2.05, 4.69) is 10.6 Å². The molecule has 8 heteroatoms. The molecule has 1 saturated heterocycles. The second-order valence-electron chi connectivity index (χ2n) is 4.04. The Labute approximate surface area is 113 Å². The Kier molecular flexibility index (Phi) is 3.66. The molecule has 0 aliphatic carbocycles. The number of carbonyl (C=O) groups excluding carboxylic acids is 2. The average molecular weight is 284 g/mol. The van der Waals surface area contributed by atoms with Gasteiger partial charge in [-0.05, 0) is 18.6 Å². The van der Waals surface area contributed by atoms with Crippen LogP contribution in [0, 0.1) is 10.1 Å². The van der Waals surface area contributed by atoms with E-state index in [1.165, 1.54) is 12.1 Å². The number of carbonyl (C=O) groups is 2. The molecule has 0 aromatic heterocycles. The molecule has 1 aromatic rings. The van der Waals surface area contributed by atoms with Gasteiger partial charge in [0.05, 0.1) is 4.92 Å². The van der Waals surface area contributed by atoms with Crippen molar-refractivity contribution in [3.05, 3.63) is 33.3 Å². The molecule has 1 atom stereocenters. The van der Waals surface area contributed by atoms with Crippen molar-refractivity contribution < 1.29 is 14.5 Å². The lowest BCUT2D eigenvalue weighted by molar-refractivity contribution is -0.383. The van der Waals surface area contributed by atoms with Crippen LogP contribution in [0.2, 0.25) is 5.02 Å². The standard InChI is InChI=1S/C11H10ClN3O4/c12-6-2-1-3-7(10(6)15(18)19)13-8-4-5-9(16)14-11(8)17/h1-3,8,13H,4-5H2,(H,14,16,17). The quantitative estimate of drug-likeness (QED) is 0.497. The highest BCUT2D eigenvalue weighted by atomic mass is 35.5. The first-order chi connectivity index (χ1) is 8.99. The predicted octanol–water partition coefficient (Wildman–Crippen LogP) is 1.47. The van der Waals surface area contributed by atoms with Gasteiger partial charge in [-0.15, -0.1) is 0 Å². The molecule has 1 aromatic carbocycles. The molecule has 7 nitrogen and oxygen atoms in total. The van der Waals surface area contributed by atoms with E-state index >= 15 is 0 Å². The maximum Gasteiger partial charge on any atom is 0.310 e. The van der Waals surface area contributed by atoms with Crippen molar-refractivity contribution in [3.63, 3.8) is 0 Å². The number of amides is 2. The summed E-state index contributed by atoms with van der Waals surface area (Å²) in [5, 5.41) is 15.9. The summed E-state index contributed by atoms with van der Waals surface area (Å²) < 4.78 is 0. The van der Waals surface area contributed by atoms with Gasteiger partial charge < -0.3 is 5.32 Å². The first kappa shape index (κ1) is 13.3. The maximum atomic E-state index is 11.6. The third-order valence-electron chi connectivity index (χ3n) is 2.74. The van der Waals surface area contributed by atoms with Crippen LogP contribution < -0.4 is 10.6 Å². The van der Waals surface area contributed by atoms with E-state index in [4.69, 9.17) is 11.6 Å². The van der Waals surface area contributed by atoms with Gasteiger partial charge in [0.1, 0.15) is 16.8 Å². The minimum atomic E-state index is -0.685. The molecule has 0 bridgehead atoms. The highest BCUT2D eigenvalue weighted by molar-refractivity contribution is 6.33. The Hall–Kier alpha value is -2.15. The Balaban J connectivity index is 2.24. The number of nitrogens with zero attached hydrogens (tertiary/aromatic N) is 1. The number of halogens is 1. The molecule has 0 saturated carbocycles. The molecule has 100 valence electrons. The van der Waals surface area contributed by atoms with Gasteiger partial charge in [0, 0.05) is 6.42 Å². The van der Waals surface area contributed by atoms with Gasteiger partial charge in [-0.1, -0.05) is 17.7 Å². The van der Waals surface area contributed by atoms with Crippen molar-refractivity contribution >= 4 is 34.8 Å². The largest absolute Gasteiger partial charge is 0.368 e. The normalized spacial score (nSPS) is 18.9. The summed E-state index contributed by atoms with van der Waals surface area (Å²) in [6.07, 6.45) is 0.478. The van der Waals surface area contributed by atoms with E-state index in [9.17, 15) is 19.7 Å². The monoisotopic (exact) mass is 283 g/mol. The minimum absolute atomic E-state index is 0.0118. The zero-order valence-corrected chi connectivity index (χ0v) is 10.4. The fourth-order valence-electron chi connectivity index (χ4n) is 1.84. The van der Waals surface area contributed by atoms with Gasteiger partial charge >= 0.3 is 5.69 Å². The Bertz CT molecular complexity index is 561. The molecule has 2 N–H and O–H groups in total. The highest BCUT2D eigenvalue weighted by Gasteiger charge is 2.29. The van der Waals surface area contributed by atoms with E-state index in [0.29, 0.717) is 0 Å². The number of piperidine rings is 1. The zero-order valence-electron chi connectivity index (χ0n) is 9.68. The summed E-state index contributed by atoms with van der Waals surface area (Å²) in [5.41, 5.74) is -0.124. The molecule has 1 fully saturated rings. The van der Waals surface area contributed by atoms with Crippen molar-refractivity contribution in [1.29, 1.82) is 0 Å². The summed E-state index contributed by atoms with van der Waals surface area (Å²) >= 11 is 5.77. The summed E-state index contributed by atoms with van der Waals surface area (Å²) in [5.74, 6) is -0.839. The molecule has 1 aliphatic rings. The van der Waals surface area contributed by atoms with Crippen molar-refractivity contribution in [1.82, 2.24) is 5.32 Å². The number of imide groups is 1. The van der Waals surface area contributed by atoms with Crippen LogP contribution in [0.1, 0.15) is 12.8 Å². The van der Waals surface area contributed by atoms with Gasteiger partial charge in [0.15, 0.2) is 0 Å². The van der Waals surface area contributed by atoms with Crippen LogP contribution in [-0.4, -0.2) is 22.8 Å². The molecular formula is C11H10ClN3O4. The van der Waals surface area contributed by atoms with E-state index in [1.54, 1.807) is 6.07 Å². The maximum absolute atomic E-state index is 11.6. The van der Waals surface area contributed by atoms with E-state index in [0.717, 1.165) is 0 Å². The molecular weight excluding hydrogens is 274 g/mol. The number of hydrogen-bond acceptors (Lipinski definition) is 5. The lowest BCUT2D eigenvalue weighted by Crippen LogP contribution is -2.47. The van der Waals surface area contributed by atoms with Crippen LogP contribution in [0.3, 0.4) is 0 Å². The summed E-state index contributed by atoms with van der Waals surface area (Å²) in [6, 6.07) is 3.72. The van der Waals surface area contributed by atoms with Gasteiger partial charge in [-0.3, -0.25) is 25.0 Å². The third kappa shape index (κ3) is 2.82. The first-order valence-corrected chi connectivity index (χ1v) is 5.90. The molecule has 1 heterocycles. The molecule has 2 amide bonds. The minimum Gasteiger partial charge on any atom is -0.368 e. The summed E-state index contributed by atoms with van der Waals surface area (Å²) in [4.78, 5) is 32.9. The van der Waals surface area contributed by atoms with Crippen LogP contribution in [0.5, 0.6) is 0 Å². The van der Waals surface area contributed by atoms with Crippen LogP contribution >= 0.6 is 11.6 Å². The molecule has 2 rings (SSSR count). The predicted molar refractivity (Wildman–Crippen MR) is 67.9 cm³/mol. The second-order valence-corrected chi connectivity index (χ2v) is 4.45. The van der Waals surface area contributed by atoms with Crippen molar-refractivity contribution in [3.8, 4) is 0 Å². The molecule has 0 radical (unpaired) electrons. The lowest BCUT2D eigenvalue weighted by Gasteiger charge is -2.22. The summed E-state index contributed by atoms with van der Waals surface area (Å²) in [7, 11) is 0. The number of rotatable bonds is 3. The SMILES string of the molecule is O=C1CCC(Nc2cccc(Cl)c2[N+](=O)[O-])C(=O)N1. The number of anilines is 1. The smallest absolute Gasteiger partial charge is 0.310 e. The van der Waals surface area contributed by atoms with Crippen LogP contribution in [0.25, 0.3) is 0 Å². The first-order valence-electron chi connectivity index (χ1n) is 5.52. The van der Waals surface area contributed by atoms with Crippen LogP contribution in [0.15, 0.2) is 18.2 Å². The number of para-hydroxylation sites is 1. The van der Waals surface area contributed by atoms with E-state index in [1.807, 2.05) is 0 Å². The van der Waals surface area contributed by atoms with Gasteiger partial charge in [0.25, 0.3) is 0 Å². The summed E-state index contributed by atoms with van der Waals surface area (Å²) in [6.45, 7) is 0. The molecule has 19 heavy (non-hydrogen) atoms. The Morgan fingerprint density at radius 3 is 2.79 bits per heavy atom. The molecule has 1 aliphatic heterocycles. The van der Waals surface area contributed by atoms with E-state index < -0.39 is 16.9 Å². The number of nitrogens with one attached hydrogen (secondary N) is 2. The van der Waals surface area contributed by atoms with Gasteiger partial charge in [0.2, 0.25) is 11.8 Å². The van der Waals surface area contributed by atoms with Gasteiger partial charge in [-0.25, -0.2) is 0 Å². The number of hydrogen-bond donors (Lipinski definition) is 2. The topological polar surface area (TPSA) is 101 Å². The molecule has 0 spiro atoms. The zero-order chi connectivity index (χ0) is 14.0. The Morgan fingerprint density at radius 1 is 1.42 bits per heavy atom. The van der Waals surface area contributed by atoms with Crippen LogP contribution in [0.4, 0.5) is 11.4 Å². The molecule has 1 unspecified atom stereocenters. The lowest BCUT2D eigenvalue weighted by atomic mass is 10.1. The third-order valence-corrected chi connectivity index (χ3v) is 3.04. The Morgan fingerprint density at radius 2 is 2.16 bits per heavy atom. The van der Waals surface area contributed by atoms with E-state index in [-0.39, 0.29) is 35.1 Å². The fraction of sp³-hybridized carbons (Fsp3) is 0.273. The van der Waals surface area contributed by atoms with Crippen molar-refractivity contribution in [2.24, 2.45) is 0 Å². The van der Waals surface area contributed by atoms with Crippen molar-refractivity contribution in [2.75, 3.05) is 5.32 Å². The second kappa shape index (κ2) is 5.23. The highest BCUT2D eigenvalue weighted by Crippen LogP contribution is 2.33. The van der Waals surface area contributed by atoms with Gasteiger partial charge in [-0.2, -0.15) is 0 Å². The number of benzene rings is 1.